The molecular formula is C17H17ClN6S. The molecule has 0 atom stereocenters. The van der Waals surface area contributed by atoms with Gasteiger partial charge in [0.25, 0.3) is 0 Å². The number of hydrogen-bond donors (Lipinski definition) is 1. The van der Waals surface area contributed by atoms with Crippen molar-refractivity contribution in [1.82, 2.24) is 24.4 Å². The zero-order valence-electron chi connectivity index (χ0n) is 14.1. The molecule has 0 bridgehead atoms. The van der Waals surface area contributed by atoms with Crippen molar-refractivity contribution in [3.05, 3.63) is 52.4 Å². The highest BCUT2D eigenvalue weighted by Gasteiger charge is 2.12. The van der Waals surface area contributed by atoms with Gasteiger partial charge in [0.1, 0.15) is 0 Å². The van der Waals surface area contributed by atoms with Crippen molar-refractivity contribution in [2.75, 3.05) is 5.32 Å². The summed E-state index contributed by atoms with van der Waals surface area (Å²) < 4.78 is 3.71. The maximum Gasteiger partial charge on any atom is 0.214 e. The van der Waals surface area contributed by atoms with Crippen LogP contribution in [0.4, 0.5) is 5.13 Å². The minimum absolute atomic E-state index is 0.701. The molecule has 0 spiro atoms. The lowest BCUT2D eigenvalue weighted by molar-refractivity contribution is 0.730. The summed E-state index contributed by atoms with van der Waals surface area (Å²) in [5.41, 5.74) is 5.33. The number of nitrogens with zero attached hydrogens (tertiary/aromatic N) is 5. The van der Waals surface area contributed by atoms with Crippen molar-refractivity contribution >= 4 is 33.0 Å². The number of aromatic nitrogens is 5. The van der Waals surface area contributed by atoms with E-state index in [9.17, 15) is 0 Å². The summed E-state index contributed by atoms with van der Waals surface area (Å²) in [6.45, 7) is 4.80. The molecule has 4 rings (SSSR count). The lowest BCUT2D eigenvalue weighted by Gasteiger charge is -2.02. The SMILES string of the molecule is Cc1nn(C)c(C)c1CNc1nn2cc(-c3ccc(Cl)cc3)nc2s1. The second-order valence-electron chi connectivity index (χ2n) is 5.89. The highest BCUT2D eigenvalue weighted by Crippen LogP contribution is 2.26. The van der Waals surface area contributed by atoms with Crippen LogP contribution >= 0.6 is 22.9 Å². The highest BCUT2D eigenvalue weighted by molar-refractivity contribution is 7.20. The zero-order valence-corrected chi connectivity index (χ0v) is 15.7. The van der Waals surface area contributed by atoms with Crippen LogP contribution in [0.25, 0.3) is 16.2 Å². The first-order valence-corrected chi connectivity index (χ1v) is 9.06. The van der Waals surface area contributed by atoms with E-state index < -0.39 is 0 Å². The molecule has 1 aromatic carbocycles. The van der Waals surface area contributed by atoms with Gasteiger partial charge in [-0.3, -0.25) is 4.68 Å². The minimum atomic E-state index is 0.701. The predicted molar refractivity (Wildman–Crippen MR) is 101 cm³/mol. The largest absolute Gasteiger partial charge is 0.356 e. The van der Waals surface area contributed by atoms with Gasteiger partial charge in [-0.05, 0) is 26.0 Å². The third-order valence-corrected chi connectivity index (χ3v) is 5.39. The molecule has 0 amide bonds. The first-order valence-electron chi connectivity index (χ1n) is 7.86. The number of halogens is 1. The topological polar surface area (TPSA) is 60.0 Å². The summed E-state index contributed by atoms with van der Waals surface area (Å²) in [5, 5.41) is 13.9. The Morgan fingerprint density at radius 3 is 2.56 bits per heavy atom. The number of nitrogens with one attached hydrogen (secondary N) is 1. The van der Waals surface area contributed by atoms with Gasteiger partial charge in [-0.2, -0.15) is 5.10 Å². The van der Waals surface area contributed by atoms with E-state index in [2.05, 4.69) is 27.4 Å². The quantitative estimate of drug-likeness (QED) is 0.586. The van der Waals surface area contributed by atoms with Gasteiger partial charge in [0.15, 0.2) is 0 Å². The van der Waals surface area contributed by atoms with Crippen LogP contribution in [-0.4, -0.2) is 24.4 Å². The Bertz CT molecular complexity index is 1010. The van der Waals surface area contributed by atoms with Crippen LogP contribution in [0, 0.1) is 13.8 Å². The first-order chi connectivity index (χ1) is 12.0. The second-order valence-corrected chi connectivity index (χ2v) is 7.29. The Kier molecular flexibility index (Phi) is 3.97. The number of anilines is 1. The average molecular weight is 373 g/mol. The van der Waals surface area contributed by atoms with Gasteiger partial charge in [0, 0.05) is 35.4 Å². The fourth-order valence-electron chi connectivity index (χ4n) is 2.77. The molecule has 0 radical (unpaired) electrons. The van der Waals surface area contributed by atoms with Crippen LogP contribution in [0.5, 0.6) is 0 Å². The molecule has 3 heterocycles. The molecule has 0 aliphatic rings. The molecule has 4 aromatic rings. The van der Waals surface area contributed by atoms with Crippen molar-refractivity contribution in [1.29, 1.82) is 0 Å². The van der Waals surface area contributed by atoms with E-state index in [0.717, 1.165) is 37.8 Å². The van der Waals surface area contributed by atoms with Gasteiger partial charge in [-0.15, -0.1) is 5.10 Å². The summed E-state index contributed by atoms with van der Waals surface area (Å²) >= 11 is 7.47. The van der Waals surface area contributed by atoms with Gasteiger partial charge in [0.2, 0.25) is 10.1 Å². The van der Waals surface area contributed by atoms with E-state index in [1.807, 2.05) is 49.1 Å². The Hall–Kier alpha value is -2.38. The van der Waals surface area contributed by atoms with Gasteiger partial charge in [0.05, 0.1) is 17.6 Å². The fourth-order valence-corrected chi connectivity index (χ4v) is 3.67. The fraction of sp³-hybridized carbons (Fsp3) is 0.235. The smallest absolute Gasteiger partial charge is 0.214 e. The molecule has 0 unspecified atom stereocenters. The number of aryl methyl sites for hydroxylation is 2. The van der Waals surface area contributed by atoms with Crippen LogP contribution in [0.3, 0.4) is 0 Å². The lowest BCUT2D eigenvalue weighted by atomic mass is 10.2. The number of benzene rings is 1. The van der Waals surface area contributed by atoms with Crippen LogP contribution in [-0.2, 0) is 13.6 Å². The molecular weight excluding hydrogens is 356 g/mol. The monoisotopic (exact) mass is 372 g/mol. The summed E-state index contributed by atoms with van der Waals surface area (Å²) in [7, 11) is 1.96. The molecule has 3 aromatic heterocycles. The number of rotatable bonds is 4. The van der Waals surface area contributed by atoms with Crippen LogP contribution in [0.2, 0.25) is 5.02 Å². The Balaban J connectivity index is 1.54. The van der Waals surface area contributed by atoms with Crippen molar-refractivity contribution in [3.8, 4) is 11.3 Å². The van der Waals surface area contributed by atoms with Gasteiger partial charge >= 0.3 is 0 Å². The summed E-state index contributed by atoms with van der Waals surface area (Å²) in [5.74, 6) is 0. The van der Waals surface area contributed by atoms with Crippen molar-refractivity contribution in [2.45, 2.75) is 20.4 Å². The predicted octanol–water partition coefficient (Wildman–Crippen LogP) is 4.07. The van der Waals surface area contributed by atoms with E-state index in [-0.39, 0.29) is 0 Å². The lowest BCUT2D eigenvalue weighted by Crippen LogP contribution is -2.02. The molecule has 0 saturated carbocycles. The van der Waals surface area contributed by atoms with E-state index in [1.165, 1.54) is 16.9 Å². The molecule has 128 valence electrons. The first kappa shape index (κ1) is 16.1. The molecule has 6 nitrogen and oxygen atoms in total. The third-order valence-electron chi connectivity index (χ3n) is 4.26. The van der Waals surface area contributed by atoms with Crippen LogP contribution in [0.1, 0.15) is 17.0 Å². The normalized spacial score (nSPS) is 11.4. The number of hydrogen-bond acceptors (Lipinski definition) is 5. The maximum absolute atomic E-state index is 5.94. The average Bonchev–Trinajstić information content (AvgIpc) is 3.20. The summed E-state index contributed by atoms with van der Waals surface area (Å²) in [6.07, 6.45) is 1.93. The summed E-state index contributed by atoms with van der Waals surface area (Å²) in [4.78, 5) is 5.50. The van der Waals surface area contributed by atoms with Gasteiger partial charge in [-0.1, -0.05) is 35.1 Å². The van der Waals surface area contributed by atoms with Crippen molar-refractivity contribution in [2.24, 2.45) is 7.05 Å². The Morgan fingerprint density at radius 1 is 1.16 bits per heavy atom. The third kappa shape index (κ3) is 3.01. The van der Waals surface area contributed by atoms with Crippen molar-refractivity contribution < 1.29 is 0 Å². The standard InChI is InChI=1S/C17H17ClN6S/c1-10-14(11(2)23(3)21-10)8-19-16-22-24-9-15(20-17(24)25-16)12-4-6-13(18)7-5-12/h4-7,9H,8H2,1-3H3,(H,19,22). The summed E-state index contributed by atoms with van der Waals surface area (Å²) in [6, 6.07) is 7.65. The van der Waals surface area contributed by atoms with Crippen LogP contribution < -0.4 is 5.32 Å². The van der Waals surface area contributed by atoms with E-state index in [4.69, 9.17) is 11.6 Å². The van der Waals surface area contributed by atoms with E-state index in [1.54, 1.807) is 4.52 Å². The number of imidazole rings is 1. The van der Waals surface area contributed by atoms with Crippen LogP contribution in [0.15, 0.2) is 30.5 Å². The second kappa shape index (κ2) is 6.16. The highest BCUT2D eigenvalue weighted by atomic mass is 35.5. The molecule has 1 N–H and O–H groups in total. The van der Waals surface area contributed by atoms with Crippen molar-refractivity contribution in [3.63, 3.8) is 0 Å². The van der Waals surface area contributed by atoms with Gasteiger partial charge < -0.3 is 5.32 Å². The van der Waals surface area contributed by atoms with Gasteiger partial charge in [-0.25, -0.2) is 9.50 Å². The molecule has 0 saturated heterocycles. The Labute approximate surface area is 154 Å². The zero-order chi connectivity index (χ0) is 17.6. The van der Waals surface area contributed by atoms with E-state index in [0.29, 0.717) is 6.54 Å². The minimum Gasteiger partial charge on any atom is -0.356 e. The molecule has 25 heavy (non-hydrogen) atoms. The maximum atomic E-state index is 5.94. The van der Waals surface area contributed by atoms with E-state index >= 15 is 0 Å². The molecule has 0 aliphatic heterocycles. The molecule has 8 heteroatoms. The number of fused-ring (bicyclic) bond motifs is 1. The Morgan fingerprint density at radius 2 is 1.92 bits per heavy atom. The molecule has 0 aliphatic carbocycles. The molecule has 0 fully saturated rings.